The van der Waals surface area contributed by atoms with Gasteiger partial charge < -0.3 is 19.5 Å². The highest BCUT2D eigenvalue weighted by atomic mass is 16.5. The topological polar surface area (TPSA) is 62.2 Å². The molecule has 2 N–H and O–H groups in total. The maximum Gasteiger partial charge on any atom is 0.492 e. The lowest BCUT2D eigenvalue weighted by Crippen LogP contribution is -2.48. The van der Waals surface area contributed by atoms with Crippen LogP contribution < -0.4 is 10.2 Å². The van der Waals surface area contributed by atoms with Gasteiger partial charge in [-0.1, -0.05) is 19.1 Å². The number of rotatable bonds is 5. The van der Waals surface area contributed by atoms with Crippen LogP contribution in [0.25, 0.3) is 0 Å². The highest BCUT2D eigenvalue weighted by molar-refractivity contribution is 6.59. The molecule has 0 radical (unpaired) electrons. The molecule has 1 aromatic carbocycles. The van der Waals surface area contributed by atoms with Crippen LogP contribution in [-0.4, -0.2) is 54.5 Å². The van der Waals surface area contributed by atoms with Gasteiger partial charge in [-0.2, -0.15) is 0 Å². The van der Waals surface area contributed by atoms with Gasteiger partial charge in [0.05, 0.1) is 19.8 Å². The van der Waals surface area contributed by atoms with Gasteiger partial charge in [0.25, 0.3) is 0 Å². The Kier molecular flexibility index (Phi) is 5.64. The van der Waals surface area contributed by atoms with Crippen LogP contribution >= 0.6 is 0 Å². The summed E-state index contributed by atoms with van der Waals surface area (Å²) < 4.78 is 10.9. The van der Waals surface area contributed by atoms with Crippen molar-refractivity contribution in [2.75, 3.05) is 20.3 Å². The molecule has 0 aliphatic carbocycles. The van der Waals surface area contributed by atoms with E-state index >= 15 is 0 Å². The summed E-state index contributed by atoms with van der Waals surface area (Å²) in [6.45, 7) is 6.66. The lowest BCUT2D eigenvalue weighted by Gasteiger charge is -2.38. The average molecular weight is 293 g/mol. The Hall–Kier alpha value is -1.08. The van der Waals surface area contributed by atoms with Gasteiger partial charge in [-0.15, -0.1) is 0 Å². The molecule has 6 heteroatoms. The third kappa shape index (κ3) is 3.98. The van der Waals surface area contributed by atoms with E-state index in [1.54, 1.807) is 12.1 Å². The van der Waals surface area contributed by atoms with E-state index in [1.807, 2.05) is 6.07 Å². The normalized spacial score (nSPS) is 23.1. The third-order valence-corrected chi connectivity index (χ3v) is 4.01. The minimum absolute atomic E-state index is 0.231. The van der Waals surface area contributed by atoms with Crippen molar-refractivity contribution in [3.63, 3.8) is 0 Å². The predicted octanol–water partition coefficient (Wildman–Crippen LogP) is 0.374. The first-order chi connectivity index (χ1) is 10.0. The Morgan fingerprint density at radius 3 is 2.81 bits per heavy atom. The second-order valence-corrected chi connectivity index (χ2v) is 5.59. The number of nitrogens with zero attached hydrogens (tertiary/aromatic N) is 1. The molecule has 1 fully saturated rings. The van der Waals surface area contributed by atoms with E-state index in [0.29, 0.717) is 17.3 Å². The van der Waals surface area contributed by atoms with E-state index in [0.717, 1.165) is 31.7 Å². The zero-order chi connectivity index (χ0) is 15.4. The molecular weight excluding hydrogens is 269 g/mol. The van der Waals surface area contributed by atoms with Crippen molar-refractivity contribution in [1.82, 2.24) is 4.90 Å². The summed E-state index contributed by atoms with van der Waals surface area (Å²) in [5.41, 5.74) is 1.45. The SMILES string of the molecule is CCC1COC(C)CN1Cc1ccc(OC)c(B(O)O)c1. The molecule has 21 heavy (non-hydrogen) atoms. The summed E-state index contributed by atoms with van der Waals surface area (Å²) in [5, 5.41) is 18.9. The maximum absolute atomic E-state index is 9.45. The first kappa shape index (κ1) is 16.3. The maximum atomic E-state index is 9.45. The Morgan fingerprint density at radius 2 is 2.19 bits per heavy atom. The largest absolute Gasteiger partial charge is 0.497 e. The van der Waals surface area contributed by atoms with Crippen LogP contribution in [0.15, 0.2) is 18.2 Å². The number of methoxy groups -OCH3 is 1. The summed E-state index contributed by atoms with van der Waals surface area (Å²) in [5.74, 6) is 0.496. The quantitative estimate of drug-likeness (QED) is 0.768. The Morgan fingerprint density at radius 1 is 1.43 bits per heavy atom. The van der Waals surface area contributed by atoms with Gasteiger partial charge in [0.2, 0.25) is 0 Å². The van der Waals surface area contributed by atoms with Crippen molar-refractivity contribution in [3.05, 3.63) is 23.8 Å². The van der Waals surface area contributed by atoms with E-state index in [-0.39, 0.29) is 6.10 Å². The van der Waals surface area contributed by atoms with Crippen molar-refractivity contribution >= 4 is 12.6 Å². The number of morpholine rings is 1. The van der Waals surface area contributed by atoms with E-state index in [1.165, 1.54) is 7.11 Å². The summed E-state index contributed by atoms with van der Waals surface area (Å²) in [6.07, 6.45) is 1.27. The molecular formula is C15H24BNO4. The van der Waals surface area contributed by atoms with Crippen LogP contribution in [-0.2, 0) is 11.3 Å². The number of hydrogen-bond acceptors (Lipinski definition) is 5. The summed E-state index contributed by atoms with van der Waals surface area (Å²) in [7, 11) is 0.00275. The molecule has 1 aliphatic heterocycles. The average Bonchev–Trinajstić information content (AvgIpc) is 2.47. The molecule has 2 rings (SSSR count). The molecule has 1 aliphatic rings. The van der Waals surface area contributed by atoms with Crippen molar-refractivity contribution < 1.29 is 19.5 Å². The van der Waals surface area contributed by atoms with Crippen molar-refractivity contribution in [1.29, 1.82) is 0 Å². The van der Waals surface area contributed by atoms with Crippen LogP contribution in [0.4, 0.5) is 0 Å². The molecule has 1 saturated heterocycles. The highest BCUT2D eigenvalue weighted by Gasteiger charge is 2.26. The standard InChI is InChI=1S/C15H24BNO4/c1-4-13-10-21-11(2)8-17(13)9-12-5-6-15(20-3)14(7-12)16(18)19/h5-7,11,13,18-19H,4,8-10H2,1-3H3. The Balaban J connectivity index is 2.16. The fourth-order valence-corrected chi connectivity index (χ4v) is 2.80. The third-order valence-electron chi connectivity index (χ3n) is 4.01. The van der Waals surface area contributed by atoms with E-state index in [9.17, 15) is 10.0 Å². The lowest BCUT2D eigenvalue weighted by atomic mass is 9.78. The van der Waals surface area contributed by atoms with E-state index in [4.69, 9.17) is 9.47 Å². The van der Waals surface area contributed by atoms with E-state index in [2.05, 4.69) is 18.7 Å². The highest BCUT2D eigenvalue weighted by Crippen LogP contribution is 2.19. The minimum Gasteiger partial charge on any atom is -0.497 e. The van der Waals surface area contributed by atoms with Gasteiger partial charge in [0.1, 0.15) is 5.75 Å². The van der Waals surface area contributed by atoms with E-state index < -0.39 is 7.12 Å². The monoisotopic (exact) mass is 293 g/mol. The first-order valence-electron chi connectivity index (χ1n) is 7.43. The number of hydrogen-bond donors (Lipinski definition) is 2. The second-order valence-electron chi connectivity index (χ2n) is 5.59. The van der Waals surface area contributed by atoms with Gasteiger partial charge >= 0.3 is 7.12 Å². The molecule has 116 valence electrons. The zero-order valence-electron chi connectivity index (χ0n) is 13.0. The molecule has 2 atom stereocenters. The number of ether oxygens (including phenoxy) is 2. The lowest BCUT2D eigenvalue weighted by molar-refractivity contribution is -0.0591. The van der Waals surface area contributed by atoms with Crippen molar-refractivity contribution in [2.45, 2.75) is 39.0 Å². The fraction of sp³-hybridized carbons (Fsp3) is 0.600. The molecule has 0 amide bonds. The van der Waals surface area contributed by atoms with Crippen LogP contribution in [0.2, 0.25) is 0 Å². The van der Waals surface area contributed by atoms with Gasteiger partial charge in [0.15, 0.2) is 0 Å². The van der Waals surface area contributed by atoms with Crippen molar-refractivity contribution in [2.24, 2.45) is 0 Å². The minimum atomic E-state index is -1.52. The van der Waals surface area contributed by atoms with Gasteiger partial charge in [0, 0.05) is 24.6 Å². The molecule has 0 bridgehead atoms. The smallest absolute Gasteiger partial charge is 0.492 e. The molecule has 0 saturated carbocycles. The molecule has 0 spiro atoms. The summed E-state index contributed by atoms with van der Waals surface area (Å²) in [6, 6.07) is 5.97. The molecule has 1 heterocycles. The number of benzene rings is 1. The molecule has 0 aromatic heterocycles. The second kappa shape index (κ2) is 7.27. The Labute approximate surface area is 126 Å². The first-order valence-corrected chi connectivity index (χ1v) is 7.43. The van der Waals surface area contributed by atoms with Crippen molar-refractivity contribution in [3.8, 4) is 5.75 Å². The van der Waals surface area contributed by atoms with Crippen LogP contribution in [0.1, 0.15) is 25.8 Å². The summed E-state index contributed by atoms with van der Waals surface area (Å²) >= 11 is 0. The fourth-order valence-electron chi connectivity index (χ4n) is 2.80. The van der Waals surface area contributed by atoms with Gasteiger partial charge in [-0.05, 0) is 25.0 Å². The Bertz CT molecular complexity index is 469. The molecule has 2 unspecified atom stereocenters. The molecule has 5 nitrogen and oxygen atoms in total. The van der Waals surface area contributed by atoms with Crippen LogP contribution in [0, 0.1) is 0 Å². The molecule has 1 aromatic rings. The van der Waals surface area contributed by atoms with Crippen LogP contribution in [0.5, 0.6) is 5.75 Å². The van der Waals surface area contributed by atoms with Gasteiger partial charge in [-0.25, -0.2) is 0 Å². The van der Waals surface area contributed by atoms with Gasteiger partial charge in [-0.3, -0.25) is 4.90 Å². The zero-order valence-corrected chi connectivity index (χ0v) is 13.0. The van der Waals surface area contributed by atoms with Crippen LogP contribution in [0.3, 0.4) is 0 Å². The predicted molar refractivity (Wildman–Crippen MR) is 82.7 cm³/mol. The summed E-state index contributed by atoms with van der Waals surface area (Å²) in [4.78, 5) is 2.39.